The Balaban J connectivity index is 2.28. The lowest BCUT2D eigenvalue weighted by atomic mass is 10.2. The van der Waals surface area contributed by atoms with Crippen LogP contribution in [0, 0.1) is 0 Å². The normalized spacial score (nSPS) is 21.5. The van der Waals surface area contributed by atoms with Gasteiger partial charge in [0.05, 0.1) is 6.61 Å². The van der Waals surface area contributed by atoms with Crippen LogP contribution in [-0.2, 0) is 4.74 Å². The number of aliphatic hydroxyl groups is 1. The van der Waals surface area contributed by atoms with Gasteiger partial charge >= 0.3 is 6.09 Å². The van der Waals surface area contributed by atoms with E-state index in [-0.39, 0.29) is 19.3 Å². The highest BCUT2D eigenvalue weighted by molar-refractivity contribution is 7.99. The molecule has 0 aromatic rings. The van der Waals surface area contributed by atoms with Gasteiger partial charge in [0.15, 0.2) is 0 Å². The van der Waals surface area contributed by atoms with Crippen LogP contribution in [0.3, 0.4) is 0 Å². The van der Waals surface area contributed by atoms with Crippen LogP contribution in [0.4, 0.5) is 4.79 Å². The Bertz CT molecular complexity index is 171. The third kappa shape index (κ3) is 3.08. The van der Waals surface area contributed by atoms with E-state index in [9.17, 15) is 4.79 Å². The summed E-state index contributed by atoms with van der Waals surface area (Å²) in [5.74, 6) is 2.10. The minimum atomic E-state index is -0.332. The molecule has 1 fully saturated rings. The molecule has 0 radical (unpaired) electrons. The van der Waals surface area contributed by atoms with E-state index in [0.717, 1.165) is 17.9 Å². The van der Waals surface area contributed by atoms with Crippen molar-refractivity contribution in [3.05, 3.63) is 0 Å². The lowest BCUT2D eigenvalue weighted by Gasteiger charge is -2.22. The minimum absolute atomic E-state index is 0.0863. The number of nitrogens with zero attached hydrogens (tertiary/aromatic N) is 1. The molecule has 1 unspecified atom stereocenters. The van der Waals surface area contributed by atoms with Crippen LogP contribution < -0.4 is 0 Å². The zero-order chi connectivity index (χ0) is 9.68. The predicted octanol–water partition coefficient (Wildman–Crippen LogP) is 0.553. The number of carbonyl (C=O) groups excluding carboxylic acids is 1. The summed E-state index contributed by atoms with van der Waals surface area (Å²) < 4.78 is 4.79. The molecule has 13 heavy (non-hydrogen) atoms. The van der Waals surface area contributed by atoms with E-state index in [2.05, 4.69) is 0 Å². The highest BCUT2D eigenvalue weighted by atomic mass is 32.2. The summed E-state index contributed by atoms with van der Waals surface area (Å²) in [5, 5.41) is 8.46. The van der Waals surface area contributed by atoms with E-state index in [1.165, 1.54) is 0 Å². The molecule has 1 amide bonds. The fourth-order valence-electron chi connectivity index (χ4n) is 1.21. The van der Waals surface area contributed by atoms with Crippen LogP contribution >= 0.6 is 11.8 Å². The average molecular weight is 205 g/mol. The highest BCUT2D eigenvalue weighted by Gasteiger charge is 2.24. The zero-order valence-electron chi connectivity index (χ0n) is 7.73. The van der Waals surface area contributed by atoms with Gasteiger partial charge in [-0.25, -0.2) is 4.79 Å². The van der Waals surface area contributed by atoms with E-state index in [1.54, 1.807) is 11.9 Å². The lowest BCUT2D eigenvalue weighted by molar-refractivity contribution is 0.0827. The molecule has 1 rings (SSSR count). The van der Waals surface area contributed by atoms with E-state index >= 15 is 0 Å². The molecule has 0 bridgehead atoms. The maximum atomic E-state index is 11.3. The van der Waals surface area contributed by atoms with Crippen molar-refractivity contribution in [2.45, 2.75) is 12.5 Å². The monoisotopic (exact) mass is 205 g/mol. The number of rotatable bonds is 3. The van der Waals surface area contributed by atoms with Crippen LogP contribution in [0.1, 0.15) is 6.42 Å². The summed E-state index contributed by atoms with van der Waals surface area (Å²) in [6, 6.07) is 0.302. The second-order valence-electron chi connectivity index (χ2n) is 2.97. The van der Waals surface area contributed by atoms with Gasteiger partial charge in [-0.2, -0.15) is 11.8 Å². The predicted molar refractivity (Wildman–Crippen MR) is 51.9 cm³/mol. The van der Waals surface area contributed by atoms with Gasteiger partial charge in [0.25, 0.3) is 0 Å². The molecule has 76 valence electrons. The Morgan fingerprint density at radius 1 is 1.77 bits per heavy atom. The summed E-state index contributed by atoms with van der Waals surface area (Å²) in [5.41, 5.74) is 0. The third-order valence-electron chi connectivity index (χ3n) is 2.06. The quantitative estimate of drug-likeness (QED) is 0.731. The van der Waals surface area contributed by atoms with Gasteiger partial charge in [-0.15, -0.1) is 0 Å². The van der Waals surface area contributed by atoms with Crippen LogP contribution in [0.2, 0.25) is 0 Å². The first-order valence-electron chi connectivity index (χ1n) is 4.34. The molecule has 1 N–H and O–H groups in total. The minimum Gasteiger partial charge on any atom is -0.447 e. The maximum absolute atomic E-state index is 11.3. The molecule has 0 aromatic heterocycles. The third-order valence-corrected chi connectivity index (χ3v) is 3.20. The second kappa shape index (κ2) is 5.34. The Kier molecular flexibility index (Phi) is 4.38. The van der Waals surface area contributed by atoms with Gasteiger partial charge < -0.3 is 14.7 Å². The topological polar surface area (TPSA) is 49.8 Å². The van der Waals surface area contributed by atoms with Crippen molar-refractivity contribution in [3.8, 4) is 0 Å². The number of hydrogen-bond acceptors (Lipinski definition) is 4. The van der Waals surface area contributed by atoms with Crippen LogP contribution in [-0.4, -0.2) is 53.9 Å². The molecule has 4 nitrogen and oxygen atoms in total. The van der Waals surface area contributed by atoms with Gasteiger partial charge in [0.2, 0.25) is 0 Å². The fraction of sp³-hybridized carbons (Fsp3) is 0.875. The number of carbonyl (C=O) groups is 1. The summed E-state index contributed by atoms with van der Waals surface area (Å²) in [4.78, 5) is 12.9. The largest absolute Gasteiger partial charge is 0.447 e. The summed E-state index contributed by atoms with van der Waals surface area (Å²) in [6.45, 7) is -0.0258. The second-order valence-corrected chi connectivity index (χ2v) is 4.12. The number of ether oxygens (including phenoxy) is 1. The fourth-order valence-corrected chi connectivity index (χ4v) is 2.48. The van der Waals surface area contributed by atoms with Crippen molar-refractivity contribution in [2.75, 3.05) is 31.8 Å². The van der Waals surface area contributed by atoms with Gasteiger partial charge in [-0.1, -0.05) is 0 Å². The molecule has 0 saturated carbocycles. The van der Waals surface area contributed by atoms with E-state index in [4.69, 9.17) is 9.84 Å². The van der Waals surface area contributed by atoms with E-state index in [1.807, 2.05) is 11.8 Å². The highest BCUT2D eigenvalue weighted by Crippen LogP contribution is 2.21. The molecule has 0 aliphatic carbocycles. The molecular weight excluding hydrogens is 190 g/mol. The standard InChI is InChI=1S/C8H15NO3S/c1-9(7-2-5-13-6-7)8(11)12-4-3-10/h7,10H,2-6H2,1H3. The summed E-state index contributed by atoms with van der Waals surface area (Å²) >= 11 is 1.85. The molecule has 1 aliphatic rings. The van der Waals surface area contributed by atoms with Gasteiger partial charge in [-0.3, -0.25) is 0 Å². The van der Waals surface area contributed by atoms with E-state index in [0.29, 0.717) is 6.04 Å². The molecule has 1 heterocycles. The van der Waals surface area contributed by atoms with Gasteiger partial charge in [0.1, 0.15) is 6.61 Å². The van der Waals surface area contributed by atoms with Crippen LogP contribution in [0.15, 0.2) is 0 Å². The smallest absolute Gasteiger partial charge is 0.409 e. The number of aliphatic hydroxyl groups excluding tert-OH is 1. The lowest BCUT2D eigenvalue weighted by Crippen LogP contribution is -2.37. The number of thioether (sulfide) groups is 1. The van der Waals surface area contributed by atoms with Crippen molar-refractivity contribution < 1.29 is 14.6 Å². The molecule has 1 aliphatic heterocycles. The Labute approximate surface area is 82.2 Å². The number of hydrogen-bond donors (Lipinski definition) is 1. The maximum Gasteiger partial charge on any atom is 0.409 e. The van der Waals surface area contributed by atoms with Crippen molar-refractivity contribution in [2.24, 2.45) is 0 Å². The Morgan fingerprint density at radius 3 is 3.08 bits per heavy atom. The first kappa shape index (κ1) is 10.7. The summed E-state index contributed by atoms with van der Waals surface area (Å²) in [7, 11) is 1.75. The molecule has 0 spiro atoms. The molecule has 1 saturated heterocycles. The number of amides is 1. The molecular formula is C8H15NO3S. The van der Waals surface area contributed by atoms with Crippen molar-refractivity contribution in [3.63, 3.8) is 0 Å². The zero-order valence-corrected chi connectivity index (χ0v) is 8.55. The first-order chi connectivity index (χ1) is 6.25. The molecule has 5 heteroatoms. The summed E-state index contributed by atoms with van der Waals surface area (Å²) in [6.07, 6.45) is 0.705. The van der Waals surface area contributed by atoms with Crippen LogP contribution in [0.5, 0.6) is 0 Å². The molecule has 1 atom stereocenters. The van der Waals surface area contributed by atoms with Gasteiger partial charge in [-0.05, 0) is 12.2 Å². The van der Waals surface area contributed by atoms with Gasteiger partial charge in [0, 0.05) is 18.8 Å². The van der Waals surface area contributed by atoms with Crippen molar-refractivity contribution in [1.82, 2.24) is 4.90 Å². The van der Waals surface area contributed by atoms with Crippen LogP contribution in [0.25, 0.3) is 0 Å². The van der Waals surface area contributed by atoms with E-state index < -0.39 is 0 Å². The SMILES string of the molecule is CN(C(=O)OCCO)C1CCSC1. The Hall–Kier alpha value is -0.420. The molecule has 0 aromatic carbocycles. The van der Waals surface area contributed by atoms with Crippen molar-refractivity contribution in [1.29, 1.82) is 0 Å². The van der Waals surface area contributed by atoms with Crippen molar-refractivity contribution >= 4 is 17.9 Å². The first-order valence-corrected chi connectivity index (χ1v) is 5.49. The Morgan fingerprint density at radius 2 is 2.54 bits per heavy atom. The average Bonchev–Trinajstić information content (AvgIpc) is 2.65.